The van der Waals surface area contributed by atoms with Gasteiger partial charge in [0, 0.05) is 31.5 Å². The Hall–Kier alpha value is -2.31. The van der Waals surface area contributed by atoms with Gasteiger partial charge < -0.3 is 4.90 Å². The van der Waals surface area contributed by atoms with Gasteiger partial charge in [-0.15, -0.1) is 0 Å². The first kappa shape index (κ1) is 17.5. The first-order valence-corrected chi connectivity index (χ1v) is 8.62. The Kier molecular flexibility index (Phi) is 5.40. The third-order valence-corrected chi connectivity index (χ3v) is 4.82. The first-order chi connectivity index (χ1) is 12.0. The van der Waals surface area contributed by atoms with Crippen LogP contribution in [0.5, 0.6) is 0 Å². The van der Waals surface area contributed by atoms with Crippen molar-refractivity contribution in [1.82, 2.24) is 10.3 Å². The fourth-order valence-corrected chi connectivity index (χ4v) is 3.42. The van der Waals surface area contributed by atoms with Crippen molar-refractivity contribution in [1.29, 1.82) is 0 Å². The van der Waals surface area contributed by atoms with E-state index in [2.05, 4.69) is 10.5 Å². The largest absolute Gasteiger partial charge is 0.337 e. The number of nitrogens with one attached hydrogen (secondary N) is 1. The number of carbonyl (C=O) groups is 2. The standard InChI is InChI=1S/C18H21F2N3O2/c19-14-4-1-5-15(20)13(14)7-6-12-3-2-10-23(11-12)18(25)16-8-9-17(24)22-21-16/h1,4-5,12H,2-3,6-11H2,(H,22,24). The fourth-order valence-electron chi connectivity index (χ4n) is 3.42. The minimum absolute atomic E-state index is 0.116. The van der Waals surface area contributed by atoms with Gasteiger partial charge in [0.2, 0.25) is 5.91 Å². The van der Waals surface area contributed by atoms with Crippen molar-refractivity contribution in [2.24, 2.45) is 11.0 Å². The lowest BCUT2D eigenvalue weighted by atomic mass is 9.91. The second kappa shape index (κ2) is 7.72. The Morgan fingerprint density at radius 2 is 2.04 bits per heavy atom. The molecule has 0 saturated carbocycles. The van der Waals surface area contributed by atoms with Crippen LogP contribution in [0.25, 0.3) is 0 Å². The van der Waals surface area contributed by atoms with E-state index in [9.17, 15) is 18.4 Å². The molecule has 0 aromatic heterocycles. The molecular weight excluding hydrogens is 328 g/mol. The number of halogens is 2. The number of hydrogen-bond acceptors (Lipinski definition) is 3. The minimum atomic E-state index is -0.518. The highest BCUT2D eigenvalue weighted by atomic mass is 19.1. The van der Waals surface area contributed by atoms with Crippen LogP contribution in [-0.4, -0.2) is 35.5 Å². The molecular formula is C18H21F2N3O2. The molecule has 7 heteroatoms. The summed E-state index contributed by atoms with van der Waals surface area (Å²) in [4.78, 5) is 25.4. The number of likely N-dealkylation sites (tertiary alicyclic amines) is 1. The molecule has 2 aliphatic heterocycles. The van der Waals surface area contributed by atoms with Crippen LogP contribution >= 0.6 is 0 Å². The maximum Gasteiger partial charge on any atom is 0.270 e. The number of hydrazone groups is 1. The van der Waals surface area contributed by atoms with Crippen molar-refractivity contribution >= 4 is 17.5 Å². The van der Waals surface area contributed by atoms with Gasteiger partial charge in [-0.1, -0.05) is 6.07 Å². The highest BCUT2D eigenvalue weighted by Gasteiger charge is 2.28. The number of nitrogens with zero attached hydrogens (tertiary/aromatic N) is 2. The predicted octanol–water partition coefficient (Wildman–Crippen LogP) is 2.40. The summed E-state index contributed by atoms with van der Waals surface area (Å²) < 4.78 is 27.5. The minimum Gasteiger partial charge on any atom is -0.337 e. The van der Waals surface area contributed by atoms with Crippen molar-refractivity contribution in [3.63, 3.8) is 0 Å². The summed E-state index contributed by atoms with van der Waals surface area (Å²) in [7, 11) is 0. The lowest BCUT2D eigenvalue weighted by molar-refractivity contribution is -0.126. The number of piperidine rings is 1. The highest BCUT2D eigenvalue weighted by Crippen LogP contribution is 2.24. The van der Waals surface area contributed by atoms with Gasteiger partial charge in [0.25, 0.3) is 5.91 Å². The maximum atomic E-state index is 13.7. The number of carbonyl (C=O) groups excluding carboxylic acids is 2. The van der Waals surface area contributed by atoms with Gasteiger partial charge in [-0.05, 0) is 43.7 Å². The van der Waals surface area contributed by atoms with E-state index in [1.807, 2.05) is 0 Å². The monoisotopic (exact) mass is 349 g/mol. The van der Waals surface area contributed by atoms with Crippen molar-refractivity contribution in [2.45, 2.75) is 38.5 Å². The fraction of sp³-hybridized carbons (Fsp3) is 0.500. The van der Waals surface area contributed by atoms with Crippen molar-refractivity contribution < 1.29 is 18.4 Å². The summed E-state index contributed by atoms with van der Waals surface area (Å²) in [6, 6.07) is 3.90. The summed E-state index contributed by atoms with van der Waals surface area (Å²) in [5, 5.41) is 3.85. The molecule has 1 atom stereocenters. The molecule has 0 radical (unpaired) electrons. The van der Waals surface area contributed by atoms with Crippen LogP contribution in [0.2, 0.25) is 0 Å². The van der Waals surface area contributed by atoms with Gasteiger partial charge in [-0.2, -0.15) is 5.10 Å². The van der Waals surface area contributed by atoms with Crippen LogP contribution in [-0.2, 0) is 16.0 Å². The third kappa shape index (κ3) is 4.21. The van der Waals surface area contributed by atoms with Gasteiger partial charge in [0.15, 0.2) is 0 Å². The van der Waals surface area contributed by atoms with E-state index in [1.165, 1.54) is 18.2 Å². The smallest absolute Gasteiger partial charge is 0.270 e. The molecule has 1 aromatic rings. The van der Waals surface area contributed by atoms with Gasteiger partial charge >= 0.3 is 0 Å². The van der Waals surface area contributed by atoms with E-state index in [-0.39, 0.29) is 29.7 Å². The summed E-state index contributed by atoms with van der Waals surface area (Å²) in [5.74, 6) is -1.16. The number of rotatable bonds is 4. The molecule has 1 saturated heterocycles. The molecule has 25 heavy (non-hydrogen) atoms. The molecule has 0 aliphatic carbocycles. The molecule has 0 spiro atoms. The zero-order valence-corrected chi connectivity index (χ0v) is 13.9. The van der Waals surface area contributed by atoms with E-state index in [0.717, 1.165) is 12.8 Å². The summed E-state index contributed by atoms with van der Waals surface area (Å²) in [6.07, 6.45) is 3.37. The highest BCUT2D eigenvalue weighted by molar-refractivity contribution is 6.39. The van der Waals surface area contributed by atoms with Crippen LogP contribution in [0.4, 0.5) is 8.78 Å². The quantitative estimate of drug-likeness (QED) is 0.907. The topological polar surface area (TPSA) is 61.8 Å². The van der Waals surface area contributed by atoms with E-state index in [0.29, 0.717) is 38.1 Å². The molecule has 3 rings (SSSR count). The molecule has 2 heterocycles. The van der Waals surface area contributed by atoms with Crippen molar-refractivity contribution in [3.05, 3.63) is 35.4 Å². The average Bonchev–Trinajstić information content (AvgIpc) is 2.62. The Balaban J connectivity index is 1.58. The molecule has 134 valence electrons. The molecule has 1 fully saturated rings. The van der Waals surface area contributed by atoms with Gasteiger partial charge in [-0.25, -0.2) is 14.2 Å². The number of amides is 2. The average molecular weight is 349 g/mol. The number of hydrogen-bond donors (Lipinski definition) is 1. The van der Waals surface area contributed by atoms with E-state index < -0.39 is 11.6 Å². The van der Waals surface area contributed by atoms with E-state index >= 15 is 0 Å². The third-order valence-electron chi connectivity index (χ3n) is 4.82. The van der Waals surface area contributed by atoms with Crippen molar-refractivity contribution in [3.8, 4) is 0 Å². The second-order valence-electron chi connectivity index (χ2n) is 6.59. The number of benzene rings is 1. The zero-order valence-electron chi connectivity index (χ0n) is 13.9. The van der Waals surface area contributed by atoms with Gasteiger partial charge in [-0.3, -0.25) is 9.59 Å². The van der Waals surface area contributed by atoms with Crippen LogP contribution in [0.3, 0.4) is 0 Å². The maximum absolute atomic E-state index is 13.7. The first-order valence-electron chi connectivity index (χ1n) is 8.62. The molecule has 1 aromatic carbocycles. The molecule has 5 nitrogen and oxygen atoms in total. The van der Waals surface area contributed by atoms with E-state index in [4.69, 9.17) is 0 Å². The molecule has 1 N–H and O–H groups in total. The van der Waals surface area contributed by atoms with Crippen LogP contribution < -0.4 is 5.43 Å². The predicted molar refractivity (Wildman–Crippen MR) is 88.8 cm³/mol. The van der Waals surface area contributed by atoms with Crippen LogP contribution in [0, 0.1) is 17.6 Å². The molecule has 0 bridgehead atoms. The van der Waals surface area contributed by atoms with Crippen molar-refractivity contribution in [2.75, 3.05) is 13.1 Å². The summed E-state index contributed by atoms with van der Waals surface area (Å²) in [5.41, 5.74) is 2.83. The Bertz CT molecular complexity index is 685. The normalized spacial score (nSPS) is 20.9. The Labute approximate surface area is 145 Å². The Morgan fingerprint density at radius 3 is 2.72 bits per heavy atom. The summed E-state index contributed by atoms with van der Waals surface area (Å²) in [6.45, 7) is 1.21. The van der Waals surface area contributed by atoms with Crippen LogP contribution in [0.1, 0.15) is 37.7 Å². The summed E-state index contributed by atoms with van der Waals surface area (Å²) >= 11 is 0. The zero-order chi connectivity index (χ0) is 17.8. The van der Waals surface area contributed by atoms with Gasteiger partial charge in [0.05, 0.1) is 0 Å². The SMILES string of the molecule is O=C1CCC(C(=O)N2CCCC(CCc3c(F)cccc3F)C2)=NN1. The second-order valence-corrected chi connectivity index (χ2v) is 6.59. The van der Waals surface area contributed by atoms with E-state index in [1.54, 1.807) is 4.90 Å². The molecule has 2 aliphatic rings. The lowest BCUT2D eigenvalue weighted by Gasteiger charge is -2.33. The Morgan fingerprint density at radius 1 is 1.28 bits per heavy atom. The molecule has 2 amide bonds. The lowest BCUT2D eigenvalue weighted by Crippen LogP contribution is -2.45. The van der Waals surface area contributed by atoms with Gasteiger partial charge in [0.1, 0.15) is 17.3 Å². The van der Waals surface area contributed by atoms with Crippen LogP contribution in [0.15, 0.2) is 23.3 Å². The molecule has 1 unspecified atom stereocenters.